The predicted molar refractivity (Wildman–Crippen MR) is 47.6 cm³/mol. The van der Waals surface area contributed by atoms with Crippen molar-refractivity contribution in [1.29, 1.82) is 0 Å². The topological polar surface area (TPSA) is 82.8 Å². The molecule has 0 amide bonds. The number of H-pyrrole nitrogens is 2. The van der Waals surface area contributed by atoms with Crippen LogP contribution in [0.3, 0.4) is 0 Å². The summed E-state index contributed by atoms with van der Waals surface area (Å²) in [5.41, 5.74) is 0.229. The van der Waals surface area contributed by atoms with E-state index in [4.69, 9.17) is 0 Å². The van der Waals surface area contributed by atoms with Crippen molar-refractivity contribution in [1.82, 2.24) is 9.97 Å². The number of hydrogen-bond acceptors (Lipinski definition) is 3. The van der Waals surface area contributed by atoms with E-state index in [1.54, 1.807) is 0 Å². The van der Waals surface area contributed by atoms with Crippen LogP contribution in [0, 0.1) is 4.77 Å². The minimum Gasteiger partial charge on any atom is -0.332 e. The molecule has 0 aliphatic heterocycles. The first-order chi connectivity index (χ1) is 6.13. The normalized spacial score (nSPS) is 9.92. The van der Waals surface area contributed by atoms with Crippen molar-refractivity contribution in [3.05, 3.63) is 26.9 Å². The third kappa shape index (κ3) is 2.59. The van der Waals surface area contributed by atoms with Crippen LogP contribution in [0.2, 0.25) is 0 Å². The molecular formula is C7H10N2O3S. The minimum atomic E-state index is -2.41. The number of aryl methyl sites for hydroxylation is 1. The van der Waals surface area contributed by atoms with Gasteiger partial charge in [0.2, 0.25) is 4.77 Å². The lowest BCUT2D eigenvalue weighted by atomic mass is 10.2. The molecule has 2 N–H and O–H groups in total. The zero-order chi connectivity index (χ0) is 9.84. The second-order valence-electron chi connectivity index (χ2n) is 2.60. The van der Waals surface area contributed by atoms with Crippen molar-refractivity contribution in [2.24, 2.45) is 0 Å². The van der Waals surface area contributed by atoms with Gasteiger partial charge in [-0.15, -0.1) is 0 Å². The zero-order valence-electron chi connectivity index (χ0n) is 7.12. The summed E-state index contributed by atoms with van der Waals surface area (Å²) in [6.07, 6.45) is 1.51. The lowest BCUT2D eigenvalue weighted by Crippen LogP contribution is -2.09. The number of hydrogen-bond donors (Lipinski definition) is 2. The van der Waals surface area contributed by atoms with Gasteiger partial charge in [-0.1, -0.05) is 13.3 Å². The van der Waals surface area contributed by atoms with Gasteiger partial charge in [0.25, 0.3) is 15.9 Å². The van der Waals surface area contributed by atoms with E-state index in [1.165, 1.54) is 6.07 Å². The van der Waals surface area contributed by atoms with Crippen LogP contribution in [0.25, 0.3) is 0 Å². The summed E-state index contributed by atoms with van der Waals surface area (Å²) in [6.45, 7) is 1.95. The van der Waals surface area contributed by atoms with Gasteiger partial charge in [0, 0.05) is 11.8 Å². The van der Waals surface area contributed by atoms with Gasteiger partial charge in [0.15, 0.2) is 0 Å². The summed E-state index contributed by atoms with van der Waals surface area (Å²) >= 11 is 0. The number of aromatic amines is 2. The Bertz CT molecular complexity index is 501. The standard InChI is InChI=1S/C7H10N2O3S/c1-2-3-5-4-6(10)9-7(8-5)13(11)12/h4,8H,2-3H2,1H3,(H,9,10). The van der Waals surface area contributed by atoms with Crippen molar-refractivity contribution >= 4 is 10.3 Å². The Morgan fingerprint density at radius 1 is 1.38 bits per heavy atom. The van der Waals surface area contributed by atoms with Gasteiger partial charge in [-0.3, -0.25) is 9.78 Å². The maximum Gasteiger partial charge on any atom is 0.256 e. The fraction of sp³-hybridized carbons (Fsp3) is 0.429. The maximum absolute atomic E-state index is 10.9. The van der Waals surface area contributed by atoms with Crippen LogP contribution in [0.15, 0.2) is 10.9 Å². The largest absolute Gasteiger partial charge is 0.332 e. The van der Waals surface area contributed by atoms with E-state index in [0.717, 1.165) is 6.42 Å². The number of rotatable bonds is 2. The lowest BCUT2D eigenvalue weighted by molar-refractivity contribution is 0.622. The van der Waals surface area contributed by atoms with Crippen LogP contribution in [0.1, 0.15) is 19.0 Å². The van der Waals surface area contributed by atoms with E-state index in [2.05, 4.69) is 9.97 Å². The van der Waals surface area contributed by atoms with Crippen LogP contribution in [-0.4, -0.2) is 18.4 Å². The Hall–Kier alpha value is -1.30. The van der Waals surface area contributed by atoms with Crippen LogP contribution < -0.4 is 5.56 Å². The molecule has 6 heteroatoms. The van der Waals surface area contributed by atoms with Crippen molar-refractivity contribution < 1.29 is 8.42 Å². The summed E-state index contributed by atoms with van der Waals surface area (Å²) < 4.78 is 20.8. The molecule has 0 spiro atoms. The quantitative estimate of drug-likeness (QED) is 0.665. The monoisotopic (exact) mass is 202 g/mol. The number of nitrogens with one attached hydrogen (secondary N) is 2. The van der Waals surface area contributed by atoms with Crippen LogP contribution in [0.5, 0.6) is 0 Å². The molecule has 1 aromatic heterocycles. The Labute approximate surface area is 76.0 Å². The van der Waals surface area contributed by atoms with Crippen molar-refractivity contribution in [3.63, 3.8) is 0 Å². The van der Waals surface area contributed by atoms with E-state index in [1.807, 2.05) is 6.92 Å². The number of aromatic nitrogens is 2. The molecule has 72 valence electrons. The average molecular weight is 202 g/mol. The summed E-state index contributed by atoms with van der Waals surface area (Å²) in [4.78, 5) is 15.7. The molecule has 0 aromatic carbocycles. The Morgan fingerprint density at radius 3 is 2.62 bits per heavy atom. The van der Waals surface area contributed by atoms with E-state index in [9.17, 15) is 13.2 Å². The molecule has 13 heavy (non-hydrogen) atoms. The van der Waals surface area contributed by atoms with E-state index < -0.39 is 15.9 Å². The molecule has 0 aliphatic rings. The van der Waals surface area contributed by atoms with Gasteiger partial charge in [-0.25, -0.2) is 0 Å². The van der Waals surface area contributed by atoms with Crippen LogP contribution >= 0.6 is 0 Å². The van der Waals surface area contributed by atoms with E-state index in [-0.39, 0.29) is 4.77 Å². The van der Waals surface area contributed by atoms with Crippen LogP contribution in [-0.2, 0) is 16.7 Å². The summed E-state index contributed by atoms with van der Waals surface area (Å²) in [5, 5.41) is 0. The molecule has 0 bridgehead atoms. The molecule has 1 aromatic rings. The fourth-order valence-electron chi connectivity index (χ4n) is 1.01. The molecule has 5 nitrogen and oxygen atoms in total. The Morgan fingerprint density at radius 2 is 2.08 bits per heavy atom. The molecule has 1 rings (SSSR count). The molecule has 0 saturated carbocycles. The lowest BCUT2D eigenvalue weighted by Gasteiger charge is -1.95. The van der Waals surface area contributed by atoms with Crippen molar-refractivity contribution in [2.75, 3.05) is 0 Å². The first kappa shape index (κ1) is 9.79. The summed E-state index contributed by atoms with van der Waals surface area (Å²) in [7, 11) is -2.41. The fourth-order valence-corrected chi connectivity index (χ4v) is 1.41. The van der Waals surface area contributed by atoms with Gasteiger partial charge in [0.1, 0.15) is 0 Å². The Kier molecular flexibility index (Phi) is 3.07. The first-order valence-electron chi connectivity index (χ1n) is 3.88. The third-order valence-corrected chi connectivity index (χ3v) is 2.04. The highest BCUT2D eigenvalue weighted by Crippen LogP contribution is 1.92. The van der Waals surface area contributed by atoms with Gasteiger partial charge in [0.05, 0.1) is 0 Å². The first-order valence-corrected chi connectivity index (χ1v) is 4.95. The summed E-state index contributed by atoms with van der Waals surface area (Å²) in [6, 6.07) is 1.36. The molecule has 0 radical (unpaired) electrons. The Balaban J connectivity index is 3.46. The third-order valence-electron chi connectivity index (χ3n) is 1.50. The second kappa shape index (κ2) is 4.08. The molecule has 0 saturated heterocycles. The van der Waals surface area contributed by atoms with Gasteiger partial charge in [-0.2, -0.15) is 8.42 Å². The molecule has 0 unspecified atom stereocenters. The van der Waals surface area contributed by atoms with E-state index >= 15 is 0 Å². The van der Waals surface area contributed by atoms with Crippen LogP contribution in [0.4, 0.5) is 0 Å². The predicted octanol–water partition coefficient (Wildman–Crippen LogP) is 0.0666. The summed E-state index contributed by atoms with van der Waals surface area (Å²) in [5.74, 6) is 0. The molecule has 0 atom stereocenters. The highest BCUT2D eigenvalue weighted by atomic mass is 32.2. The van der Waals surface area contributed by atoms with E-state index in [0.29, 0.717) is 12.1 Å². The molecule has 0 aliphatic carbocycles. The van der Waals surface area contributed by atoms with Gasteiger partial charge in [-0.05, 0) is 6.42 Å². The molecule has 1 heterocycles. The maximum atomic E-state index is 10.9. The van der Waals surface area contributed by atoms with Crippen molar-refractivity contribution in [2.45, 2.75) is 19.8 Å². The highest BCUT2D eigenvalue weighted by Gasteiger charge is 1.94. The average Bonchev–Trinajstić information content (AvgIpc) is 2.03. The van der Waals surface area contributed by atoms with Crippen molar-refractivity contribution in [3.8, 4) is 0 Å². The second-order valence-corrected chi connectivity index (χ2v) is 3.48. The smallest absolute Gasteiger partial charge is 0.256 e. The minimum absolute atomic E-state index is 0.170. The van der Waals surface area contributed by atoms with Gasteiger partial charge >= 0.3 is 0 Å². The van der Waals surface area contributed by atoms with Gasteiger partial charge < -0.3 is 4.98 Å². The molecule has 0 fully saturated rings. The molecular weight excluding hydrogens is 192 g/mol. The zero-order valence-corrected chi connectivity index (χ0v) is 7.94. The SMILES string of the molecule is CCCc1cc(=O)[nH]c(=S(=O)=O)[nH]1. The highest BCUT2D eigenvalue weighted by molar-refractivity contribution is 7.63.